The first-order chi connectivity index (χ1) is 8.43. The van der Waals surface area contributed by atoms with Crippen molar-refractivity contribution >= 4 is 17.0 Å². The van der Waals surface area contributed by atoms with E-state index in [1.54, 1.807) is 6.07 Å². The van der Waals surface area contributed by atoms with E-state index >= 15 is 0 Å². The molecule has 0 unspecified atom stereocenters. The molecule has 4 nitrogen and oxygen atoms in total. The molecule has 0 aliphatic carbocycles. The lowest BCUT2D eigenvalue weighted by Gasteiger charge is -2.11. The van der Waals surface area contributed by atoms with Crippen molar-refractivity contribution in [2.75, 3.05) is 7.11 Å². The van der Waals surface area contributed by atoms with Crippen molar-refractivity contribution in [1.29, 1.82) is 0 Å². The summed E-state index contributed by atoms with van der Waals surface area (Å²) in [5.74, 6) is -1.08. The number of methoxy groups -OCH3 is 1. The molecular weight excluding hydrogens is 249 g/mol. The Morgan fingerprint density at radius 1 is 1.39 bits per heavy atom. The van der Waals surface area contributed by atoms with E-state index in [4.69, 9.17) is 0 Å². The summed E-state index contributed by atoms with van der Waals surface area (Å²) in [5, 5.41) is 0.339. The number of hydrogen-bond donors (Lipinski definition) is 0. The summed E-state index contributed by atoms with van der Waals surface area (Å²) < 4.78 is 42.6. The van der Waals surface area contributed by atoms with Gasteiger partial charge in [-0.3, -0.25) is 0 Å². The van der Waals surface area contributed by atoms with Gasteiger partial charge >= 0.3 is 12.1 Å². The van der Waals surface area contributed by atoms with Crippen molar-refractivity contribution in [2.45, 2.75) is 6.18 Å². The first-order valence-electron chi connectivity index (χ1n) is 4.85. The molecule has 2 heterocycles. The molecule has 0 aromatic carbocycles. The monoisotopic (exact) mass is 256 g/mol. The minimum atomic E-state index is -4.74. The number of pyridine rings is 2. The normalized spacial score (nSPS) is 11.6. The van der Waals surface area contributed by atoms with Gasteiger partial charge in [-0.1, -0.05) is 0 Å². The second-order valence-corrected chi connectivity index (χ2v) is 3.42. The molecule has 7 heteroatoms. The average Bonchev–Trinajstić information content (AvgIpc) is 2.35. The Bertz CT molecular complexity index is 611. The van der Waals surface area contributed by atoms with Gasteiger partial charge in [0.1, 0.15) is 0 Å². The number of esters is 1. The molecule has 0 atom stereocenters. The lowest BCUT2D eigenvalue weighted by molar-refractivity contribution is -0.141. The number of carbonyl (C=O) groups is 1. The van der Waals surface area contributed by atoms with Crippen molar-refractivity contribution in [3.63, 3.8) is 0 Å². The Balaban J connectivity index is 2.76. The Labute approximate surface area is 99.4 Å². The van der Waals surface area contributed by atoms with Crippen LogP contribution in [0.1, 0.15) is 16.1 Å². The summed E-state index contributed by atoms with van der Waals surface area (Å²) >= 11 is 0. The number of ether oxygens (including phenoxy) is 1. The highest BCUT2D eigenvalue weighted by molar-refractivity contribution is 5.94. The van der Waals surface area contributed by atoms with Crippen molar-refractivity contribution in [3.8, 4) is 0 Å². The number of carbonyl (C=O) groups excluding carboxylic acids is 1. The third kappa shape index (κ3) is 2.11. The standard InChI is InChI=1S/C11H7F3N2O2/c1-18-10(17)7-5-6-3-2-4-15-9(6)16-8(7)11(12,13)14/h2-5H,1H3. The number of fused-ring (bicyclic) bond motifs is 1. The van der Waals surface area contributed by atoms with Crippen LogP contribution in [0.4, 0.5) is 13.2 Å². The van der Waals surface area contributed by atoms with Crippen LogP contribution >= 0.6 is 0 Å². The molecule has 94 valence electrons. The van der Waals surface area contributed by atoms with Gasteiger partial charge in [-0.05, 0) is 18.2 Å². The van der Waals surface area contributed by atoms with Crippen LogP contribution in [-0.2, 0) is 10.9 Å². The van der Waals surface area contributed by atoms with Crippen molar-refractivity contribution in [3.05, 3.63) is 35.7 Å². The minimum absolute atomic E-state index is 0.0718. The average molecular weight is 256 g/mol. The van der Waals surface area contributed by atoms with Gasteiger partial charge in [0.05, 0.1) is 12.7 Å². The molecule has 0 saturated carbocycles. The van der Waals surface area contributed by atoms with E-state index in [-0.39, 0.29) is 5.65 Å². The topological polar surface area (TPSA) is 52.1 Å². The fourth-order valence-electron chi connectivity index (χ4n) is 1.49. The number of aromatic nitrogens is 2. The molecule has 2 aromatic rings. The molecule has 0 N–H and O–H groups in total. The maximum Gasteiger partial charge on any atom is 0.434 e. The predicted octanol–water partition coefficient (Wildman–Crippen LogP) is 2.44. The third-order valence-corrected chi connectivity index (χ3v) is 2.26. The number of nitrogens with zero attached hydrogens (tertiary/aromatic N) is 2. The van der Waals surface area contributed by atoms with Gasteiger partial charge in [0.2, 0.25) is 0 Å². The molecule has 18 heavy (non-hydrogen) atoms. The third-order valence-electron chi connectivity index (χ3n) is 2.26. The van der Waals surface area contributed by atoms with Gasteiger partial charge < -0.3 is 4.74 Å². The zero-order valence-corrected chi connectivity index (χ0v) is 9.15. The fraction of sp³-hybridized carbons (Fsp3) is 0.182. The Kier molecular flexibility index (Phi) is 2.90. The van der Waals surface area contributed by atoms with Crippen LogP contribution < -0.4 is 0 Å². The van der Waals surface area contributed by atoms with E-state index in [9.17, 15) is 18.0 Å². The lowest BCUT2D eigenvalue weighted by atomic mass is 10.1. The largest absolute Gasteiger partial charge is 0.465 e. The fourth-order valence-corrected chi connectivity index (χ4v) is 1.49. The van der Waals surface area contributed by atoms with E-state index in [0.29, 0.717) is 5.39 Å². The van der Waals surface area contributed by atoms with Crippen molar-refractivity contribution in [1.82, 2.24) is 9.97 Å². The molecule has 0 aliphatic rings. The molecule has 0 radical (unpaired) electrons. The summed E-state index contributed by atoms with van der Waals surface area (Å²) in [6, 6.07) is 4.13. The highest BCUT2D eigenvalue weighted by Crippen LogP contribution is 2.32. The number of hydrogen-bond acceptors (Lipinski definition) is 4. The van der Waals surface area contributed by atoms with Crippen LogP contribution in [0, 0.1) is 0 Å². The quantitative estimate of drug-likeness (QED) is 0.735. The van der Waals surface area contributed by atoms with E-state index in [1.807, 2.05) is 0 Å². The van der Waals surface area contributed by atoms with E-state index in [1.165, 1.54) is 12.3 Å². The second-order valence-electron chi connectivity index (χ2n) is 3.42. The first kappa shape index (κ1) is 12.3. The molecule has 0 amide bonds. The van der Waals surface area contributed by atoms with E-state index in [2.05, 4.69) is 14.7 Å². The first-order valence-corrected chi connectivity index (χ1v) is 4.85. The van der Waals surface area contributed by atoms with Crippen LogP contribution in [0.25, 0.3) is 11.0 Å². The lowest BCUT2D eigenvalue weighted by Crippen LogP contribution is -2.16. The van der Waals surface area contributed by atoms with Gasteiger partial charge in [0.25, 0.3) is 0 Å². The molecule has 2 aromatic heterocycles. The van der Waals surface area contributed by atoms with Crippen molar-refractivity contribution < 1.29 is 22.7 Å². The summed E-state index contributed by atoms with van der Waals surface area (Å²) in [4.78, 5) is 18.4. The number of rotatable bonds is 1. The molecule has 2 rings (SSSR count). The van der Waals surface area contributed by atoms with Gasteiger partial charge in [-0.25, -0.2) is 14.8 Å². The molecule has 0 aliphatic heterocycles. The van der Waals surface area contributed by atoms with E-state index in [0.717, 1.165) is 13.2 Å². The molecule has 0 saturated heterocycles. The number of halogens is 3. The van der Waals surface area contributed by atoms with Gasteiger partial charge in [0.15, 0.2) is 11.3 Å². The molecular formula is C11H7F3N2O2. The summed E-state index contributed by atoms with van der Waals surface area (Å²) in [6.45, 7) is 0. The van der Waals surface area contributed by atoms with Crippen LogP contribution in [0.5, 0.6) is 0 Å². The smallest absolute Gasteiger partial charge is 0.434 e. The molecule has 0 fully saturated rings. The van der Waals surface area contributed by atoms with Gasteiger partial charge in [0, 0.05) is 11.6 Å². The Morgan fingerprint density at radius 2 is 2.11 bits per heavy atom. The predicted molar refractivity (Wildman–Crippen MR) is 55.9 cm³/mol. The van der Waals surface area contributed by atoms with Crippen LogP contribution in [0.15, 0.2) is 24.4 Å². The minimum Gasteiger partial charge on any atom is -0.465 e. The molecule has 0 bridgehead atoms. The van der Waals surface area contributed by atoms with Crippen LogP contribution in [0.2, 0.25) is 0 Å². The summed E-state index contributed by atoms with van der Waals surface area (Å²) in [7, 11) is 1.01. The van der Waals surface area contributed by atoms with E-state index < -0.39 is 23.4 Å². The number of alkyl halides is 3. The van der Waals surface area contributed by atoms with Crippen molar-refractivity contribution in [2.24, 2.45) is 0 Å². The SMILES string of the molecule is COC(=O)c1cc2cccnc2nc1C(F)(F)F. The molecule has 0 spiro atoms. The van der Waals surface area contributed by atoms with Crippen LogP contribution in [0.3, 0.4) is 0 Å². The maximum absolute atomic E-state index is 12.8. The highest BCUT2D eigenvalue weighted by Gasteiger charge is 2.38. The van der Waals surface area contributed by atoms with Crippen LogP contribution in [-0.4, -0.2) is 23.0 Å². The summed E-state index contributed by atoms with van der Waals surface area (Å²) in [5.41, 5.74) is -1.98. The zero-order valence-electron chi connectivity index (χ0n) is 9.15. The maximum atomic E-state index is 12.8. The highest BCUT2D eigenvalue weighted by atomic mass is 19.4. The summed E-state index contributed by atoms with van der Waals surface area (Å²) in [6.07, 6.45) is -3.41. The second kappa shape index (κ2) is 4.25. The zero-order chi connectivity index (χ0) is 13.3. The Hall–Kier alpha value is -2.18. The Morgan fingerprint density at radius 3 is 2.72 bits per heavy atom. The van der Waals surface area contributed by atoms with Gasteiger partial charge in [-0.15, -0.1) is 0 Å². The van der Waals surface area contributed by atoms with Gasteiger partial charge in [-0.2, -0.15) is 13.2 Å².